The van der Waals surface area contributed by atoms with Crippen LogP contribution >= 0.6 is 81.2 Å². The van der Waals surface area contributed by atoms with Gasteiger partial charge in [0.05, 0.1) is 10.0 Å². The summed E-state index contributed by atoms with van der Waals surface area (Å²) in [5, 5.41) is 9.44. The Kier molecular flexibility index (Phi) is 5.54. The predicted octanol–water partition coefficient (Wildman–Crippen LogP) is 7.76. The number of ether oxygens (including phenoxy) is 1. The molecule has 0 radical (unpaired) electrons. The van der Waals surface area contributed by atoms with Gasteiger partial charge in [-0.15, -0.1) is 0 Å². The van der Waals surface area contributed by atoms with Crippen molar-refractivity contribution in [2.24, 2.45) is 0 Å². The van der Waals surface area contributed by atoms with E-state index in [9.17, 15) is 5.11 Å². The van der Waals surface area contributed by atoms with Gasteiger partial charge in [0.15, 0.2) is 11.5 Å². The number of aromatic hydroxyl groups is 1. The summed E-state index contributed by atoms with van der Waals surface area (Å²) in [6.07, 6.45) is 0. The topological polar surface area (TPSA) is 29.5 Å². The lowest BCUT2D eigenvalue weighted by molar-refractivity contribution is 0.465. The van der Waals surface area contributed by atoms with Gasteiger partial charge in [-0.3, -0.25) is 0 Å². The molecule has 112 valence electrons. The van der Waals surface area contributed by atoms with Gasteiger partial charge in [-0.1, -0.05) is 81.2 Å². The van der Waals surface area contributed by atoms with Gasteiger partial charge >= 0.3 is 0 Å². The molecule has 2 nitrogen and oxygen atoms in total. The Balaban J connectivity index is 2.58. The fourth-order valence-electron chi connectivity index (χ4n) is 1.39. The average Bonchev–Trinajstić information content (AvgIpc) is 2.47. The Bertz CT molecular complexity index is 701. The third kappa shape index (κ3) is 3.23. The minimum atomic E-state index is -0.444. The number of hydrogen-bond acceptors (Lipinski definition) is 2. The second kappa shape index (κ2) is 6.67. The zero-order valence-corrected chi connectivity index (χ0v) is 14.9. The van der Waals surface area contributed by atoms with Crippen molar-refractivity contribution >= 4 is 81.2 Å². The summed E-state index contributed by atoms with van der Waals surface area (Å²) in [6, 6.07) is 2.95. The Morgan fingerprint density at radius 2 is 1.19 bits per heavy atom. The molecule has 0 saturated heterocycles. The van der Waals surface area contributed by atoms with Crippen LogP contribution in [0.3, 0.4) is 0 Å². The van der Waals surface area contributed by atoms with Gasteiger partial charge in [0.25, 0.3) is 0 Å². The zero-order valence-electron chi connectivity index (χ0n) is 9.66. The van der Waals surface area contributed by atoms with Crippen LogP contribution in [0.4, 0.5) is 0 Å². The molecule has 0 aliphatic heterocycles. The van der Waals surface area contributed by atoms with E-state index >= 15 is 0 Å². The molecule has 0 aliphatic carbocycles. The van der Waals surface area contributed by atoms with E-state index in [0.29, 0.717) is 0 Å². The van der Waals surface area contributed by atoms with Gasteiger partial charge in [0.1, 0.15) is 30.9 Å². The van der Waals surface area contributed by atoms with Crippen LogP contribution in [-0.2, 0) is 0 Å². The Hall–Kier alpha value is 0.0700. The average molecular weight is 427 g/mol. The molecule has 0 atom stereocenters. The number of halogens is 7. The fourth-order valence-corrected chi connectivity index (χ4v) is 2.85. The highest BCUT2D eigenvalue weighted by molar-refractivity contribution is 6.50. The third-order valence-electron chi connectivity index (χ3n) is 2.41. The molecule has 1 N–H and O–H groups in total. The van der Waals surface area contributed by atoms with Crippen LogP contribution in [0.1, 0.15) is 0 Å². The van der Waals surface area contributed by atoms with Gasteiger partial charge in [-0.05, 0) is 12.1 Å². The molecule has 0 unspecified atom stereocenters. The normalized spacial score (nSPS) is 10.8. The monoisotopic (exact) mass is 424 g/mol. The number of phenolic OH excluding ortho intramolecular Hbond substituents is 1. The highest BCUT2D eigenvalue weighted by Gasteiger charge is 2.23. The maximum atomic E-state index is 9.64. The minimum absolute atomic E-state index is 0.0635. The number of benzene rings is 2. The first kappa shape index (κ1) is 17.4. The molecule has 2 aromatic rings. The second-order valence-corrected chi connectivity index (χ2v) is 6.38. The smallest absolute Gasteiger partial charge is 0.168 e. The van der Waals surface area contributed by atoms with Crippen LogP contribution in [-0.4, -0.2) is 5.11 Å². The summed E-state index contributed by atoms with van der Waals surface area (Å²) < 4.78 is 5.50. The standard InChI is InChI=1S/C12H3Cl7O2/c13-3-1-2-4(6(15)5(3)14)21-12-9(18)7(16)11(20)8(17)10(12)19/h1-2,20H. The predicted molar refractivity (Wildman–Crippen MR) is 89.7 cm³/mol. The van der Waals surface area contributed by atoms with Crippen molar-refractivity contribution in [3.63, 3.8) is 0 Å². The first-order valence-corrected chi connectivity index (χ1v) is 7.76. The molecule has 0 amide bonds. The first-order chi connectivity index (χ1) is 9.75. The van der Waals surface area contributed by atoms with Crippen molar-refractivity contribution in [3.8, 4) is 17.2 Å². The summed E-state index contributed by atoms with van der Waals surface area (Å²) in [6.45, 7) is 0. The largest absolute Gasteiger partial charge is 0.505 e. The van der Waals surface area contributed by atoms with Crippen molar-refractivity contribution in [2.75, 3.05) is 0 Å². The van der Waals surface area contributed by atoms with E-state index in [-0.39, 0.29) is 46.7 Å². The first-order valence-electron chi connectivity index (χ1n) is 5.12. The van der Waals surface area contributed by atoms with Crippen LogP contribution in [0.25, 0.3) is 0 Å². The Morgan fingerprint density at radius 3 is 1.71 bits per heavy atom. The highest BCUT2D eigenvalue weighted by atomic mass is 35.5. The lowest BCUT2D eigenvalue weighted by atomic mass is 10.3. The lowest BCUT2D eigenvalue weighted by Gasteiger charge is -2.14. The molecular formula is C12H3Cl7O2. The summed E-state index contributed by atoms with van der Waals surface area (Å²) in [5.74, 6) is -0.361. The van der Waals surface area contributed by atoms with E-state index in [1.807, 2.05) is 0 Å². The molecule has 2 rings (SSSR count). The third-order valence-corrected chi connectivity index (χ3v) is 5.34. The molecule has 9 heteroatoms. The zero-order chi connectivity index (χ0) is 15.9. The maximum Gasteiger partial charge on any atom is 0.168 e. The lowest BCUT2D eigenvalue weighted by Crippen LogP contribution is -1.91. The van der Waals surface area contributed by atoms with Gasteiger partial charge < -0.3 is 9.84 Å². The molecule has 0 aromatic heterocycles. The summed E-state index contributed by atoms with van der Waals surface area (Å²) in [4.78, 5) is 0. The van der Waals surface area contributed by atoms with Crippen LogP contribution in [0.15, 0.2) is 12.1 Å². The second-order valence-electron chi connectivity index (χ2n) is 3.71. The van der Waals surface area contributed by atoms with Crippen LogP contribution in [0.5, 0.6) is 17.2 Å². The molecule has 0 bridgehead atoms. The Labute approximate surface area is 155 Å². The van der Waals surface area contributed by atoms with Crippen molar-refractivity contribution in [1.29, 1.82) is 0 Å². The number of rotatable bonds is 2. The van der Waals surface area contributed by atoms with Gasteiger partial charge in [-0.25, -0.2) is 0 Å². The SMILES string of the molecule is Oc1c(Cl)c(Cl)c(Oc2ccc(Cl)c(Cl)c2Cl)c(Cl)c1Cl. The molecule has 0 fully saturated rings. The molecule has 0 spiro atoms. The van der Waals surface area contributed by atoms with Crippen LogP contribution in [0.2, 0.25) is 35.2 Å². The van der Waals surface area contributed by atoms with E-state index in [1.165, 1.54) is 12.1 Å². The maximum absolute atomic E-state index is 9.64. The summed E-state index contributed by atoms with van der Waals surface area (Å²) in [5.41, 5.74) is 0. The van der Waals surface area contributed by atoms with Gasteiger partial charge in [-0.2, -0.15) is 0 Å². The Morgan fingerprint density at radius 1 is 0.667 bits per heavy atom. The molecule has 0 aliphatic rings. The van der Waals surface area contributed by atoms with E-state index in [0.717, 1.165) is 0 Å². The highest BCUT2D eigenvalue weighted by Crippen LogP contribution is 2.51. The van der Waals surface area contributed by atoms with E-state index in [1.54, 1.807) is 0 Å². The van der Waals surface area contributed by atoms with E-state index in [4.69, 9.17) is 85.9 Å². The number of hydrogen-bond donors (Lipinski definition) is 1. The van der Waals surface area contributed by atoms with Crippen LogP contribution in [0, 0.1) is 0 Å². The number of phenols is 1. The van der Waals surface area contributed by atoms with E-state index < -0.39 is 5.75 Å². The fraction of sp³-hybridized carbons (Fsp3) is 0. The van der Waals surface area contributed by atoms with Gasteiger partial charge in [0.2, 0.25) is 0 Å². The molecule has 2 aromatic carbocycles. The van der Waals surface area contributed by atoms with Crippen molar-refractivity contribution in [1.82, 2.24) is 0 Å². The van der Waals surface area contributed by atoms with E-state index in [2.05, 4.69) is 0 Å². The van der Waals surface area contributed by atoms with Crippen molar-refractivity contribution in [2.45, 2.75) is 0 Å². The molecule has 0 saturated carbocycles. The molecular weight excluding hydrogens is 424 g/mol. The van der Waals surface area contributed by atoms with Gasteiger partial charge in [0, 0.05) is 0 Å². The summed E-state index contributed by atoms with van der Waals surface area (Å²) >= 11 is 41.4. The van der Waals surface area contributed by atoms with Crippen molar-refractivity contribution in [3.05, 3.63) is 47.3 Å². The van der Waals surface area contributed by atoms with Crippen LogP contribution < -0.4 is 4.74 Å². The quantitative estimate of drug-likeness (QED) is 0.392. The molecule has 21 heavy (non-hydrogen) atoms. The van der Waals surface area contributed by atoms with Crippen molar-refractivity contribution < 1.29 is 9.84 Å². The molecule has 0 heterocycles. The minimum Gasteiger partial charge on any atom is -0.505 e. The summed E-state index contributed by atoms with van der Waals surface area (Å²) in [7, 11) is 0.